The van der Waals surface area contributed by atoms with Crippen LogP contribution in [0.1, 0.15) is 36.8 Å². The van der Waals surface area contributed by atoms with E-state index >= 15 is 0 Å². The zero-order valence-corrected chi connectivity index (χ0v) is 17.0. The molecule has 2 aromatic rings. The Kier molecular flexibility index (Phi) is 6.50. The lowest BCUT2D eigenvalue weighted by atomic mass is 9.89. The molecule has 2 aromatic carbocycles. The van der Waals surface area contributed by atoms with Crippen molar-refractivity contribution in [2.24, 2.45) is 5.73 Å². The Labute approximate surface area is 161 Å². The van der Waals surface area contributed by atoms with E-state index in [0.717, 1.165) is 28.5 Å². The summed E-state index contributed by atoms with van der Waals surface area (Å²) in [5.41, 5.74) is 9.16. The number of hydrogen-bond acceptors (Lipinski definition) is 2. The van der Waals surface area contributed by atoms with Crippen molar-refractivity contribution >= 4 is 31.9 Å². The number of halogens is 2. The maximum absolute atomic E-state index is 6.48. The zero-order valence-electron chi connectivity index (χ0n) is 13.8. The van der Waals surface area contributed by atoms with Crippen LogP contribution in [-0.2, 0) is 13.1 Å². The monoisotopic (exact) mass is 450 g/mol. The molecule has 2 atom stereocenters. The number of rotatable bonds is 5. The summed E-state index contributed by atoms with van der Waals surface area (Å²) in [5.74, 6) is 0. The standard InChI is InChI=1S/C20H24Br2N2/c21-17-9-5-15(6-10-17)13-24(20-4-2-1-3-19(20)23)14-16-7-11-18(22)12-8-16/h5-12,19-20H,1-4,13-14,23H2. The molecular formula is C20H24Br2N2. The van der Waals surface area contributed by atoms with E-state index in [1.54, 1.807) is 0 Å². The van der Waals surface area contributed by atoms with Crippen LogP contribution in [0, 0.1) is 0 Å². The molecule has 2 nitrogen and oxygen atoms in total. The number of hydrogen-bond donors (Lipinski definition) is 1. The Morgan fingerprint density at radius 3 is 1.71 bits per heavy atom. The van der Waals surface area contributed by atoms with Crippen LogP contribution in [0.25, 0.3) is 0 Å². The van der Waals surface area contributed by atoms with Gasteiger partial charge in [-0.25, -0.2) is 0 Å². The number of benzene rings is 2. The maximum Gasteiger partial charge on any atom is 0.0254 e. The molecule has 1 fully saturated rings. The van der Waals surface area contributed by atoms with Crippen molar-refractivity contribution in [1.82, 2.24) is 4.90 Å². The smallest absolute Gasteiger partial charge is 0.0254 e. The largest absolute Gasteiger partial charge is 0.326 e. The zero-order chi connectivity index (χ0) is 16.9. The first-order chi connectivity index (χ1) is 11.6. The van der Waals surface area contributed by atoms with Gasteiger partial charge in [0.25, 0.3) is 0 Å². The molecule has 2 unspecified atom stereocenters. The molecule has 3 rings (SSSR count). The quantitative estimate of drug-likeness (QED) is 0.651. The van der Waals surface area contributed by atoms with Crippen LogP contribution in [0.2, 0.25) is 0 Å². The second-order valence-corrected chi connectivity index (χ2v) is 8.50. The average molecular weight is 452 g/mol. The van der Waals surface area contributed by atoms with E-state index in [-0.39, 0.29) is 6.04 Å². The molecule has 0 heterocycles. The van der Waals surface area contributed by atoms with Gasteiger partial charge in [0.05, 0.1) is 0 Å². The lowest BCUT2D eigenvalue weighted by Gasteiger charge is -2.38. The molecule has 4 heteroatoms. The number of nitrogens with zero attached hydrogens (tertiary/aromatic N) is 1. The van der Waals surface area contributed by atoms with Gasteiger partial charge in [0, 0.05) is 34.1 Å². The Hall–Kier alpha value is -0.680. The molecule has 1 aliphatic carbocycles. The fourth-order valence-electron chi connectivity index (χ4n) is 3.53. The second-order valence-electron chi connectivity index (χ2n) is 6.67. The summed E-state index contributed by atoms with van der Waals surface area (Å²) in [6, 6.07) is 18.0. The van der Waals surface area contributed by atoms with Crippen molar-refractivity contribution in [1.29, 1.82) is 0 Å². The predicted molar refractivity (Wildman–Crippen MR) is 108 cm³/mol. The fourth-order valence-corrected chi connectivity index (χ4v) is 4.06. The fraction of sp³-hybridized carbons (Fsp3) is 0.400. The molecule has 1 saturated carbocycles. The molecule has 0 bridgehead atoms. The molecule has 1 aliphatic rings. The van der Waals surface area contributed by atoms with E-state index in [2.05, 4.69) is 85.3 Å². The van der Waals surface area contributed by atoms with Gasteiger partial charge < -0.3 is 5.73 Å². The summed E-state index contributed by atoms with van der Waals surface area (Å²) < 4.78 is 2.25. The van der Waals surface area contributed by atoms with Crippen LogP contribution >= 0.6 is 31.9 Å². The molecule has 24 heavy (non-hydrogen) atoms. The topological polar surface area (TPSA) is 29.3 Å². The molecule has 0 amide bonds. The third-order valence-corrected chi connectivity index (χ3v) is 5.91. The summed E-state index contributed by atoms with van der Waals surface area (Å²) in [6.07, 6.45) is 4.90. The van der Waals surface area contributed by atoms with Gasteiger partial charge in [-0.05, 0) is 48.2 Å². The lowest BCUT2D eigenvalue weighted by molar-refractivity contribution is 0.122. The van der Waals surface area contributed by atoms with Gasteiger partial charge in [-0.3, -0.25) is 4.90 Å². The predicted octanol–water partition coefficient (Wildman–Crippen LogP) is 5.48. The van der Waals surface area contributed by atoms with Gasteiger partial charge in [0.1, 0.15) is 0 Å². The van der Waals surface area contributed by atoms with Crippen LogP contribution in [0.15, 0.2) is 57.5 Å². The van der Waals surface area contributed by atoms with Crippen molar-refractivity contribution in [3.63, 3.8) is 0 Å². The summed E-state index contributed by atoms with van der Waals surface area (Å²) in [4.78, 5) is 2.57. The minimum absolute atomic E-state index is 0.282. The van der Waals surface area contributed by atoms with Crippen molar-refractivity contribution in [3.05, 3.63) is 68.6 Å². The van der Waals surface area contributed by atoms with Gasteiger partial charge in [-0.1, -0.05) is 69.0 Å². The molecule has 2 N–H and O–H groups in total. The highest BCUT2D eigenvalue weighted by Crippen LogP contribution is 2.26. The van der Waals surface area contributed by atoms with E-state index in [1.165, 1.54) is 30.4 Å². The molecular weight excluding hydrogens is 428 g/mol. The van der Waals surface area contributed by atoms with E-state index in [4.69, 9.17) is 5.73 Å². The highest BCUT2D eigenvalue weighted by molar-refractivity contribution is 9.10. The van der Waals surface area contributed by atoms with Crippen LogP contribution in [0.4, 0.5) is 0 Å². The highest BCUT2D eigenvalue weighted by Gasteiger charge is 2.27. The molecule has 128 valence electrons. The normalized spacial score (nSPS) is 21.2. The first-order valence-corrected chi connectivity index (χ1v) is 10.2. The van der Waals surface area contributed by atoms with E-state index in [9.17, 15) is 0 Å². The Morgan fingerprint density at radius 2 is 1.25 bits per heavy atom. The third kappa shape index (κ3) is 4.92. The van der Waals surface area contributed by atoms with Crippen molar-refractivity contribution in [2.75, 3.05) is 0 Å². The van der Waals surface area contributed by atoms with Crippen LogP contribution in [0.5, 0.6) is 0 Å². The summed E-state index contributed by atoms with van der Waals surface area (Å²) in [7, 11) is 0. The minimum atomic E-state index is 0.282. The van der Waals surface area contributed by atoms with Crippen LogP contribution in [0.3, 0.4) is 0 Å². The maximum atomic E-state index is 6.48. The van der Waals surface area contributed by atoms with Crippen LogP contribution in [-0.4, -0.2) is 17.0 Å². The molecule has 0 aromatic heterocycles. The van der Waals surface area contributed by atoms with E-state index < -0.39 is 0 Å². The Morgan fingerprint density at radius 1 is 0.792 bits per heavy atom. The van der Waals surface area contributed by atoms with Gasteiger partial charge in [0.2, 0.25) is 0 Å². The molecule has 0 spiro atoms. The van der Waals surface area contributed by atoms with Crippen molar-refractivity contribution < 1.29 is 0 Å². The average Bonchev–Trinajstić information content (AvgIpc) is 2.59. The van der Waals surface area contributed by atoms with Crippen LogP contribution < -0.4 is 5.73 Å². The van der Waals surface area contributed by atoms with E-state index in [0.29, 0.717) is 6.04 Å². The summed E-state index contributed by atoms with van der Waals surface area (Å²) in [5, 5.41) is 0. The number of nitrogens with two attached hydrogens (primary N) is 1. The van der Waals surface area contributed by atoms with Gasteiger partial charge in [-0.2, -0.15) is 0 Å². The molecule has 0 saturated heterocycles. The Balaban J connectivity index is 1.79. The SMILES string of the molecule is NC1CCCCC1N(Cc1ccc(Br)cc1)Cc1ccc(Br)cc1. The summed E-state index contributed by atoms with van der Waals surface area (Å²) >= 11 is 7.04. The summed E-state index contributed by atoms with van der Waals surface area (Å²) in [6.45, 7) is 1.89. The van der Waals surface area contributed by atoms with Gasteiger partial charge in [-0.15, -0.1) is 0 Å². The van der Waals surface area contributed by atoms with Gasteiger partial charge in [0.15, 0.2) is 0 Å². The van der Waals surface area contributed by atoms with Gasteiger partial charge >= 0.3 is 0 Å². The van der Waals surface area contributed by atoms with E-state index in [1.807, 2.05) is 0 Å². The first-order valence-electron chi connectivity index (χ1n) is 8.60. The van der Waals surface area contributed by atoms with Crippen molar-refractivity contribution in [3.8, 4) is 0 Å². The lowest BCUT2D eigenvalue weighted by Crippen LogP contribution is -2.48. The highest BCUT2D eigenvalue weighted by atomic mass is 79.9. The molecule has 0 aliphatic heterocycles. The first kappa shape index (κ1) is 18.1. The van der Waals surface area contributed by atoms with Crippen molar-refractivity contribution in [2.45, 2.75) is 50.9 Å². The third-order valence-electron chi connectivity index (χ3n) is 4.85. The minimum Gasteiger partial charge on any atom is -0.326 e. The molecule has 0 radical (unpaired) electrons. The second kappa shape index (κ2) is 8.61. The Bertz CT molecular complexity index is 592.